The van der Waals surface area contributed by atoms with Gasteiger partial charge in [-0.1, -0.05) is 55.1 Å². The van der Waals surface area contributed by atoms with Gasteiger partial charge in [0.1, 0.15) is 11.5 Å². The lowest BCUT2D eigenvalue weighted by molar-refractivity contribution is -0.129. The van der Waals surface area contributed by atoms with Crippen molar-refractivity contribution in [3.05, 3.63) is 73.3 Å². The summed E-state index contributed by atoms with van der Waals surface area (Å²) in [5.74, 6) is -0.279. The Hall–Kier alpha value is -3.40. The summed E-state index contributed by atoms with van der Waals surface area (Å²) < 4.78 is 11.0. The largest absolute Gasteiger partial charge is 0.422 e. The Kier molecular flexibility index (Phi) is 4.35. The first-order valence-electron chi connectivity index (χ1n) is 7.68. The number of fused-ring (bicyclic) bond motifs is 2. The molecule has 0 saturated heterocycles. The topological polar surface area (TPSA) is 52.6 Å². The number of esters is 2. The molecule has 0 N–H and O–H groups in total. The van der Waals surface area contributed by atoms with Crippen LogP contribution in [0.3, 0.4) is 0 Å². The Morgan fingerprint density at radius 1 is 0.800 bits per heavy atom. The van der Waals surface area contributed by atoms with Crippen molar-refractivity contribution in [2.24, 2.45) is 0 Å². The molecule has 3 rings (SSSR count). The third-order valence-corrected chi connectivity index (χ3v) is 3.82. The maximum Gasteiger partial charge on any atom is 0.335 e. The van der Waals surface area contributed by atoms with Crippen molar-refractivity contribution in [2.45, 2.75) is 6.92 Å². The standard InChI is InChI=1S/C21H16O4/c1-4-18(22)24-20-14-8-6-7-9-15(14)21(25-19(23)5-2)17-12-13(3)10-11-16(17)20/h4-12H,1-2H2,3H3. The van der Waals surface area contributed by atoms with Crippen molar-refractivity contribution in [3.8, 4) is 11.5 Å². The first-order valence-corrected chi connectivity index (χ1v) is 7.68. The third kappa shape index (κ3) is 3.02. The molecule has 3 aromatic carbocycles. The molecule has 0 aromatic heterocycles. The molecular weight excluding hydrogens is 316 g/mol. The number of rotatable bonds is 4. The van der Waals surface area contributed by atoms with E-state index < -0.39 is 11.9 Å². The van der Waals surface area contributed by atoms with Crippen LogP contribution in [0.4, 0.5) is 0 Å². The lowest BCUT2D eigenvalue weighted by Gasteiger charge is -2.16. The molecule has 124 valence electrons. The highest BCUT2D eigenvalue weighted by atomic mass is 16.5. The van der Waals surface area contributed by atoms with E-state index in [2.05, 4.69) is 13.2 Å². The van der Waals surface area contributed by atoms with Crippen molar-refractivity contribution >= 4 is 33.5 Å². The fourth-order valence-electron chi connectivity index (χ4n) is 2.72. The number of carbonyl (C=O) groups is 2. The SMILES string of the molecule is C=CC(=O)Oc1c2ccccc2c(OC(=O)C=C)c2cc(C)ccc12. The summed E-state index contributed by atoms with van der Waals surface area (Å²) in [6.07, 6.45) is 2.22. The molecule has 4 nitrogen and oxygen atoms in total. The molecule has 4 heteroatoms. The van der Waals surface area contributed by atoms with Gasteiger partial charge in [-0.25, -0.2) is 9.59 Å². The molecule has 0 bridgehead atoms. The van der Waals surface area contributed by atoms with Gasteiger partial charge >= 0.3 is 11.9 Å². The third-order valence-electron chi connectivity index (χ3n) is 3.82. The minimum absolute atomic E-state index is 0.411. The van der Waals surface area contributed by atoms with Gasteiger partial charge in [-0.15, -0.1) is 0 Å². The average molecular weight is 332 g/mol. The Bertz CT molecular complexity index is 1030. The Labute approximate surface area is 145 Å². The highest BCUT2D eigenvalue weighted by Crippen LogP contribution is 2.43. The maximum atomic E-state index is 11.8. The number of hydrogen-bond acceptors (Lipinski definition) is 4. The van der Waals surface area contributed by atoms with Gasteiger partial charge in [0.15, 0.2) is 0 Å². The van der Waals surface area contributed by atoms with Crippen molar-refractivity contribution < 1.29 is 19.1 Å². The number of hydrogen-bond donors (Lipinski definition) is 0. The molecule has 0 aliphatic carbocycles. The second kappa shape index (κ2) is 6.61. The van der Waals surface area contributed by atoms with Gasteiger partial charge in [0.2, 0.25) is 0 Å². The number of aryl methyl sites for hydroxylation is 1. The molecule has 0 atom stereocenters. The van der Waals surface area contributed by atoms with Crippen LogP contribution in [-0.2, 0) is 9.59 Å². The predicted octanol–water partition coefficient (Wildman–Crippen LogP) is 4.48. The van der Waals surface area contributed by atoms with E-state index in [1.54, 1.807) is 0 Å². The van der Waals surface area contributed by atoms with Crippen LogP contribution in [0.2, 0.25) is 0 Å². The van der Waals surface area contributed by atoms with E-state index in [0.717, 1.165) is 17.7 Å². The van der Waals surface area contributed by atoms with Crippen molar-refractivity contribution in [1.29, 1.82) is 0 Å². The van der Waals surface area contributed by atoms with Crippen LogP contribution >= 0.6 is 0 Å². The minimum Gasteiger partial charge on any atom is -0.422 e. The highest BCUT2D eigenvalue weighted by Gasteiger charge is 2.18. The highest BCUT2D eigenvalue weighted by molar-refractivity contribution is 6.13. The van der Waals surface area contributed by atoms with Crippen molar-refractivity contribution in [1.82, 2.24) is 0 Å². The van der Waals surface area contributed by atoms with Crippen LogP contribution in [0, 0.1) is 6.92 Å². The number of carbonyl (C=O) groups excluding carboxylic acids is 2. The van der Waals surface area contributed by atoms with Gasteiger partial charge < -0.3 is 9.47 Å². The molecule has 25 heavy (non-hydrogen) atoms. The van der Waals surface area contributed by atoms with Gasteiger partial charge in [0, 0.05) is 33.7 Å². The van der Waals surface area contributed by atoms with E-state index in [1.165, 1.54) is 0 Å². The molecule has 0 amide bonds. The van der Waals surface area contributed by atoms with Crippen LogP contribution in [0.25, 0.3) is 21.5 Å². The first kappa shape index (κ1) is 16.5. The molecule has 3 aromatic rings. The van der Waals surface area contributed by atoms with Gasteiger partial charge in [-0.05, 0) is 13.0 Å². The van der Waals surface area contributed by atoms with Gasteiger partial charge in [0.05, 0.1) is 0 Å². The quantitative estimate of drug-likeness (QED) is 0.306. The zero-order valence-electron chi connectivity index (χ0n) is 13.7. The van der Waals surface area contributed by atoms with E-state index in [4.69, 9.17) is 9.47 Å². The summed E-state index contributed by atoms with van der Waals surface area (Å²) in [5, 5.41) is 2.69. The zero-order chi connectivity index (χ0) is 18.0. The van der Waals surface area contributed by atoms with Gasteiger partial charge in [-0.3, -0.25) is 0 Å². The summed E-state index contributed by atoms with van der Waals surface area (Å²) in [5.41, 5.74) is 0.986. The first-order chi connectivity index (χ1) is 12.0. The smallest absolute Gasteiger partial charge is 0.335 e. The number of benzene rings is 3. The van der Waals surface area contributed by atoms with Crippen molar-refractivity contribution in [3.63, 3.8) is 0 Å². The number of ether oxygens (including phenoxy) is 2. The monoisotopic (exact) mass is 332 g/mol. The van der Waals surface area contributed by atoms with Crippen LogP contribution in [-0.4, -0.2) is 11.9 Å². The Morgan fingerprint density at radius 3 is 1.80 bits per heavy atom. The molecule has 0 saturated carbocycles. The zero-order valence-corrected chi connectivity index (χ0v) is 13.7. The van der Waals surface area contributed by atoms with Crippen LogP contribution < -0.4 is 9.47 Å². The molecule has 0 heterocycles. The van der Waals surface area contributed by atoms with E-state index in [9.17, 15) is 9.59 Å². The Morgan fingerprint density at radius 2 is 1.28 bits per heavy atom. The lowest BCUT2D eigenvalue weighted by Crippen LogP contribution is -2.07. The molecule has 0 aliphatic heterocycles. The summed E-state index contributed by atoms with van der Waals surface area (Å²) in [6, 6.07) is 12.9. The average Bonchev–Trinajstić information content (AvgIpc) is 2.63. The van der Waals surface area contributed by atoms with E-state index in [0.29, 0.717) is 33.0 Å². The maximum absolute atomic E-state index is 11.8. The molecule has 0 unspecified atom stereocenters. The fraction of sp³-hybridized carbons (Fsp3) is 0.0476. The predicted molar refractivity (Wildman–Crippen MR) is 97.9 cm³/mol. The van der Waals surface area contributed by atoms with Crippen LogP contribution in [0.15, 0.2) is 67.8 Å². The van der Waals surface area contributed by atoms with E-state index >= 15 is 0 Å². The molecule has 0 spiro atoms. The molecular formula is C21H16O4. The summed E-state index contributed by atoms with van der Waals surface area (Å²) in [6.45, 7) is 8.83. The molecule has 0 aliphatic rings. The van der Waals surface area contributed by atoms with E-state index in [1.807, 2.05) is 49.4 Å². The molecule has 0 fully saturated rings. The second-order valence-electron chi connectivity index (χ2n) is 5.50. The van der Waals surface area contributed by atoms with Gasteiger partial charge in [0.25, 0.3) is 0 Å². The summed E-state index contributed by atoms with van der Waals surface area (Å²) in [4.78, 5) is 23.6. The van der Waals surface area contributed by atoms with Gasteiger partial charge in [-0.2, -0.15) is 0 Å². The lowest BCUT2D eigenvalue weighted by atomic mass is 9.99. The van der Waals surface area contributed by atoms with Crippen LogP contribution in [0.5, 0.6) is 11.5 Å². The van der Waals surface area contributed by atoms with Crippen molar-refractivity contribution in [2.75, 3.05) is 0 Å². The van der Waals surface area contributed by atoms with E-state index in [-0.39, 0.29) is 0 Å². The minimum atomic E-state index is -0.553. The second-order valence-corrected chi connectivity index (χ2v) is 5.50. The Balaban J connectivity index is 2.44. The molecule has 0 radical (unpaired) electrons. The summed E-state index contributed by atoms with van der Waals surface area (Å²) >= 11 is 0. The fourth-order valence-corrected chi connectivity index (χ4v) is 2.72. The normalized spacial score (nSPS) is 10.4. The summed E-state index contributed by atoms with van der Waals surface area (Å²) in [7, 11) is 0. The van der Waals surface area contributed by atoms with Crippen LogP contribution in [0.1, 0.15) is 5.56 Å².